The quantitative estimate of drug-likeness (QED) is 0.182. The summed E-state index contributed by atoms with van der Waals surface area (Å²) >= 11 is 0. The van der Waals surface area contributed by atoms with Crippen LogP contribution in [0, 0.1) is 5.92 Å². The molecule has 8 N–H and O–H groups in total. The van der Waals surface area contributed by atoms with Gasteiger partial charge in [-0.2, -0.15) is 21.6 Å². The minimum Gasteiger partial charge on any atom is -0.316 e. The maximum Gasteiger partial charge on any atom is 0.260 e. The smallest absolute Gasteiger partial charge is 0.260 e. The van der Waals surface area contributed by atoms with E-state index in [1.165, 1.54) is 12.8 Å². The van der Waals surface area contributed by atoms with Gasteiger partial charge in [0.1, 0.15) is 18.4 Å². The summed E-state index contributed by atoms with van der Waals surface area (Å²) in [5.74, 6) is 0.198. The molecule has 0 radical (unpaired) electrons. The van der Waals surface area contributed by atoms with Crippen molar-refractivity contribution in [2.45, 2.75) is 50.1 Å². The molecule has 0 aliphatic carbocycles. The van der Waals surface area contributed by atoms with Gasteiger partial charge in [0.2, 0.25) is 0 Å². The highest BCUT2D eigenvalue weighted by Gasteiger charge is 2.46. The van der Waals surface area contributed by atoms with Gasteiger partial charge in [0.15, 0.2) is 0 Å². The number of carbonyl (C=O) groups is 1. The van der Waals surface area contributed by atoms with Crippen LogP contribution >= 0.6 is 0 Å². The summed E-state index contributed by atoms with van der Waals surface area (Å²) < 4.78 is 0. The molecule has 4 aliphatic heterocycles. The van der Waals surface area contributed by atoms with Crippen molar-refractivity contribution in [3.05, 3.63) is 0 Å². The number of likely N-dealkylation sites (tertiary alicyclic amines) is 1. The highest BCUT2D eigenvalue weighted by Crippen LogP contribution is 2.18. The van der Waals surface area contributed by atoms with Crippen LogP contribution in [0.4, 0.5) is 0 Å². The minimum atomic E-state index is -0.461. The third-order valence-corrected chi connectivity index (χ3v) is 5.83. The Bertz CT molecular complexity index is 552. The first kappa shape index (κ1) is 20.1. The van der Waals surface area contributed by atoms with Crippen LogP contribution in [0.25, 0.3) is 0 Å². The summed E-state index contributed by atoms with van der Waals surface area (Å²) in [5.41, 5.74) is 20.5. The Hall–Kier alpha value is -1.22. The van der Waals surface area contributed by atoms with Crippen molar-refractivity contribution < 1.29 is 9.73 Å². The topological polar surface area (TPSA) is 143 Å². The Morgan fingerprint density at radius 1 is 1.29 bits per heavy atom. The SMILES string of the molecule is NC1NONC1N1NNC(C(=O)N/N=C/C2CCCNC2)C1CN1CCCC1. The van der Waals surface area contributed by atoms with Crippen LogP contribution in [0.15, 0.2) is 5.10 Å². The summed E-state index contributed by atoms with van der Waals surface area (Å²) in [6.07, 6.45) is 5.72. The van der Waals surface area contributed by atoms with E-state index in [2.05, 4.69) is 42.7 Å². The molecule has 0 spiro atoms. The Morgan fingerprint density at radius 2 is 2.14 bits per heavy atom. The molecule has 0 aromatic rings. The van der Waals surface area contributed by atoms with Gasteiger partial charge in [-0.3, -0.25) is 4.79 Å². The Labute approximate surface area is 164 Å². The maximum atomic E-state index is 12.8. The van der Waals surface area contributed by atoms with Crippen molar-refractivity contribution in [1.29, 1.82) is 0 Å². The van der Waals surface area contributed by atoms with E-state index in [0.717, 1.165) is 45.6 Å². The fraction of sp³-hybridized carbons (Fsp3) is 0.875. The van der Waals surface area contributed by atoms with Gasteiger partial charge in [0, 0.05) is 25.2 Å². The largest absolute Gasteiger partial charge is 0.316 e. The van der Waals surface area contributed by atoms with Crippen molar-refractivity contribution in [3.63, 3.8) is 0 Å². The molecule has 4 aliphatic rings. The van der Waals surface area contributed by atoms with Crippen LogP contribution in [0.3, 0.4) is 0 Å². The molecule has 0 aromatic heterocycles. The van der Waals surface area contributed by atoms with Crippen LogP contribution in [-0.4, -0.2) is 79.2 Å². The molecule has 12 heteroatoms. The molecular weight excluding hydrogens is 364 g/mol. The maximum absolute atomic E-state index is 12.8. The lowest BCUT2D eigenvalue weighted by Gasteiger charge is -2.33. The van der Waals surface area contributed by atoms with E-state index in [1.807, 2.05) is 11.2 Å². The average molecular weight is 397 g/mol. The predicted octanol–water partition coefficient (Wildman–Crippen LogP) is -3.10. The summed E-state index contributed by atoms with van der Waals surface area (Å²) in [4.78, 5) is 20.2. The Balaban J connectivity index is 1.38. The molecule has 4 fully saturated rings. The predicted molar refractivity (Wildman–Crippen MR) is 103 cm³/mol. The number of piperidine rings is 1. The van der Waals surface area contributed by atoms with Gasteiger partial charge in [-0.1, -0.05) is 0 Å². The van der Waals surface area contributed by atoms with E-state index in [1.54, 1.807) is 0 Å². The number of nitrogens with zero attached hydrogens (tertiary/aromatic N) is 3. The van der Waals surface area contributed by atoms with Crippen LogP contribution in [0.5, 0.6) is 0 Å². The van der Waals surface area contributed by atoms with Gasteiger partial charge in [-0.15, -0.1) is 0 Å². The number of nitrogens with one attached hydrogen (secondary N) is 6. The molecule has 0 bridgehead atoms. The van der Waals surface area contributed by atoms with E-state index in [9.17, 15) is 4.79 Å². The molecule has 4 heterocycles. The molecule has 5 atom stereocenters. The monoisotopic (exact) mass is 396 g/mol. The second-order valence-electron chi connectivity index (χ2n) is 7.89. The van der Waals surface area contributed by atoms with Crippen LogP contribution in [0.2, 0.25) is 0 Å². The first-order valence-electron chi connectivity index (χ1n) is 10.2. The lowest BCUT2D eigenvalue weighted by Crippen LogP contribution is -2.61. The first-order chi connectivity index (χ1) is 13.7. The lowest BCUT2D eigenvalue weighted by atomic mass is 10.0. The van der Waals surface area contributed by atoms with Gasteiger partial charge in [0.05, 0.1) is 6.04 Å². The zero-order valence-corrected chi connectivity index (χ0v) is 16.1. The molecule has 0 saturated carbocycles. The van der Waals surface area contributed by atoms with Crippen molar-refractivity contribution in [2.75, 3.05) is 32.7 Å². The van der Waals surface area contributed by atoms with E-state index in [-0.39, 0.29) is 18.1 Å². The van der Waals surface area contributed by atoms with E-state index >= 15 is 0 Å². The highest BCUT2D eigenvalue weighted by molar-refractivity contribution is 5.83. The zero-order valence-electron chi connectivity index (χ0n) is 16.1. The molecule has 12 nitrogen and oxygen atoms in total. The van der Waals surface area contributed by atoms with Gasteiger partial charge in [-0.05, 0) is 45.3 Å². The normalized spacial score (nSPS) is 37.8. The van der Waals surface area contributed by atoms with E-state index < -0.39 is 12.2 Å². The number of hydroxylamine groups is 2. The van der Waals surface area contributed by atoms with Crippen molar-refractivity contribution in [2.24, 2.45) is 16.8 Å². The van der Waals surface area contributed by atoms with Crippen molar-refractivity contribution >= 4 is 12.1 Å². The third-order valence-electron chi connectivity index (χ3n) is 5.83. The van der Waals surface area contributed by atoms with Gasteiger partial charge >= 0.3 is 0 Å². The summed E-state index contributed by atoms with van der Waals surface area (Å²) in [6, 6.07) is -0.589. The molecule has 4 saturated heterocycles. The number of hydrogen-bond donors (Lipinski definition) is 7. The second-order valence-corrected chi connectivity index (χ2v) is 7.89. The van der Waals surface area contributed by atoms with Gasteiger partial charge in [0.25, 0.3) is 5.91 Å². The van der Waals surface area contributed by atoms with Gasteiger partial charge in [-0.25, -0.2) is 20.8 Å². The number of hydrazine groups is 2. The number of hydrazone groups is 1. The molecule has 158 valence electrons. The molecule has 4 rings (SSSR count). The standard InChI is InChI=1S/C16H32N10O2/c17-14-15(23-28-22-14)26-12(10-25-6-1-2-7-25)13(20-24-26)16(27)21-19-9-11-4-3-5-18-8-11/h9,11-15,18,20,22-24H,1-8,10,17H2,(H,21,27)/b19-9+. The Morgan fingerprint density at radius 3 is 2.86 bits per heavy atom. The number of rotatable bonds is 6. The molecule has 1 amide bonds. The van der Waals surface area contributed by atoms with Crippen molar-refractivity contribution in [1.82, 2.24) is 42.6 Å². The van der Waals surface area contributed by atoms with Crippen molar-refractivity contribution in [3.8, 4) is 0 Å². The van der Waals surface area contributed by atoms with Crippen LogP contribution in [-0.2, 0) is 9.73 Å². The Kier molecular flexibility index (Phi) is 6.82. The van der Waals surface area contributed by atoms with E-state index in [4.69, 9.17) is 10.7 Å². The number of nitrogens with two attached hydrogens (primary N) is 1. The third kappa shape index (κ3) is 4.67. The highest BCUT2D eigenvalue weighted by atomic mass is 16.8. The average Bonchev–Trinajstić information content (AvgIpc) is 3.44. The van der Waals surface area contributed by atoms with Crippen LogP contribution in [0.1, 0.15) is 25.7 Å². The first-order valence-corrected chi connectivity index (χ1v) is 10.2. The lowest BCUT2D eigenvalue weighted by molar-refractivity contribution is -0.123. The summed E-state index contributed by atoms with van der Waals surface area (Å²) in [6.45, 7) is 4.80. The molecule has 28 heavy (non-hydrogen) atoms. The molecular formula is C16H32N10O2. The van der Waals surface area contributed by atoms with Crippen LogP contribution < -0.4 is 38.4 Å². The summed E-state index contributed by atoms with van der Waals surface area (Å²) in [7, 11) is 0. The summed E-state index contributed by atoms with van der Waals surface area (Å²) in [5, 5.41) is 9.46. The number of amides is 1. The van der Waals surface area contributed by atoms with E-state index in [0.29, 0.717) is 5.92 Å². The number of carbonyl (C=O) groups excluding carboxylic acids is 1. The molecule has 5 unspecified atom stereocenters. The molecule has 0 aromatic carbocycles. The second kappa shape index (κ2) is 9.52. The number of hydrogen-bond acceptors (Lipinski definition) is 11. The fourth-order valence-electron chi connectivity index (χ4n) is 4.23. The van der Waals surface area contributed by atoms with Gasteiger partial charge < -0.3 is 16.0 Å². The zero-order chi connectivity index (χ0) is 19.3. The fourth-order valence-corrected chi connectivity index (χ4v) is 4.23. The minimum absolute atomic E-state index is 0.128.